The molecule has 0 aromatic heterocycles. The summed E-state index contributed by atoms with van der Waals surface area (Å²) in [5.74, 6) is 0.173. The number of nitrogens with two attached hydrogens (primary N) is 1. The highest BCUT2D eigenvalue weighted by Gasteiger charge is 2.31. The van der Waals surface area contributed by atoms with Crippen LogP contribution in [0.4, 0.5) is 13.2 Å². The van der Waals surface area contributed by atoms with Gasteiger partial charge in [-0.25, -0.2) is 0 Å². The van der Waals surface area contributed by atoms with Crippen LogP contribution in [0.5, 0.6) is 5.75 Å². The van der Waals surface area contributed by atoms with Gasteiger partial charge in [-0.1, -0.05) is 6.07 Å². The summed E-state index contributed by atoms with van der Waals surface area (Å²) in [5, 5.41) is 9.59. The molecule has 0 spiro atoms. The number of halogens is 3. The minimum absolute atomic E-state index is 0.173. The van der Waals surface area contributed by atoms with E-state index in [1.165, 1.54) is 13.2 Å². The van der Waals surface area contributed by atoms with Gasteiger partial charge in [-0.3, -0.25) is 0 Å². The molecule has 0 radical (unpaired) electrons. The molecule has 1 rings (SSSR count). The third kappa shape index (κ3) is 4.40. The number of ether oxygens (including phenoxy) is 1. The van der Waals surface area contributed by atoms with Crippen LogP contribution in [-0.4, -0.2) is 24.4 Å². The molecule has 3 N–H and O–H groups in total. The van der Waals surface area contributed by atoms with Crippen LogP contribution in [0.15, 0.2) is 18.2 Å². The van der Waals surface area contributed by atoms with Crippen molar-refractivity contribution in [3.05, 3.63) is 29.3 Å². The van der Waals surface area contributed by atoms with Crippen molar-refractivity contribution >= 4 is 0 Å². The van der Waals surface area contributed by atoms with Gasteiger partial charge in [-0.05, 0) is 37.5 Å². The van der Waals surface area contributed by atoms with Crippen molar-refractivity contribution in [3.8, 4) is 5.75 Å². The van der Waals surface area contributed by atoms with Crippen LogP contribution in [-0.2, 0) is 12.6 Å². The Hall–Kier alpha value is -1.27. The molecule has 2 unspecified atom stereocenters. The first kappa shape index (κ1) is 15.8. The number of aliphatic hydroxyl groups excluding tert-OH is 1. The van der Waals surface area contributed by atoms with E-state index in [9.17, 15) is 18.3 Å². The molecular weight excluding hydrogens is 259 g/mol. The molecule has 1 aromatic carbocycles. The zero-order chi connectivity index (χ0) is 14.6. The van der Waals surface area contributed by atoms with E-state index < -0.39 is 17.8 Å². The van der Waals surface area contributed by atoms with E-state index in [-0.39, 0.29) is 11.8 Å². The van der Waals surface area contributed by atoms with Crippen LogP contribution in [0.2, 0.25) is 0 Å². The van der Waals surface area contributed by atoms with Crippen LogP contribution < -0.4 is 10.5 Å². The Morgan fingerprint density at radius 1 is 1.37 bits per heavy atom. The average molecular weight is 277 g/mol. The summed E-state index contributed by atoms with van der Waals surface area (Å²) in [6.45, 7) is 1.68. The van der Waals surface area contributed by atoms with Crippen molar-refractivity contribution in [2.45, 2.75) is 38.1 Å². The number of methoxy groups -OCH3 is 1. The summed E-state index contributed by atoms with van der Waals surface area (Å²) >= 11 is 0. The minimum Gasteiger partial charge on any atom is -0.496 e. The maximum atomic E-state index is 12.5. The van der Waals surface area contributed by atoms with Gasteiger partial charge in [0.05, 0.1) is 18.8 Å². The van der Waals surface area contributed by atoms with Crippen LogP contribution in [0, 0.1) is 0 Å². The molecule has 0 aliphatic heterocycles. The fraction of sp³-hybridized carbons (Fsp3) is 0.538. The lowest BCUT2D eigenvalue weighted by molar-refractivity contribution is -0.137. The summed E-state index contributed by atoms with van der Waals surface area (Å²) in [5.41, 5.74) is 5.39. The van der Waals surface area contributed by atoms with Gasteiger partial charge in [-0.2, -0.15) is 13.2 Å². The molecule has 0 heterocycles. The predicted molar refractivity (Wildman–Crippen MR) is 66.0 cm³/mol. The third-order valence-electron chi connectivity index (χ3n) is 2.93. The number of benzene rings is 1. The van der Waals surface area contributed by atoms with Crippen molar-refractivity contribution in [2.75, 3.05) is 7.11 Å². The van der Waals surface area contributed by atoms with E-state index in [4.69, 9.17) is 10.5 Å². The average Bonchev–Trinajstić information content (AvgIpc) is 2.34. The highest BCUT2D eigenvalue weighted by molar-refractivity contribution is 5.38. The van der Waals surface area contributed by atoms with Crippen molar-refractivity contribution in [1.29, 1.82) is 0 Å². The zero-order valence-electron chi connectivity index (χ0n) is 10.9. The van der Waals surface area contributed by atoms with E-state index in [0.29, 0.717) is 18.4 Å². The Kier molecular flexibility index (Phi) is 5.20. The second-order valence-corrected chi connectivity index (χ2v) is 4.49. The number of rotatable bonds is 5. The van der Waals surface area contributed by atoms with Gasteiger partial charge < -0.3 is 15.6 Å². The standard InChI is InChI=1S/C13H18F3NO2/c1-8(17)11(18)6-4-9-3-5-10(13(14,15)16)7-12(9)19-2/h3,5,7-8,11,18H,4,6,17H2,1-2H3. The highest BCUT2D eigenvalue weighted by atomic mass is 19.4. The maximum Gasteiger partial charge on any atom is 0.416 e. The Morgan fingerprint density at radius 2 is 2.00 bits per heavy atom. The van der Waals surface area contributed by atoms with Gasteiger partial charge >= 0.3 is 6.18 Å². The summed E-state index contributed by atoms with van der Waals surface area (Å²) in [6, 6.07) is 2.97. The molecule has 19 heavy (non-hydrogen) atoms. The smallest absolute Gasteiger partial charge is 0.416 e. The molecule has 2 atom stereocenters. The molecule has 0 saturated carbocycles. The van der Waals surface area contributed by atoms with Crippen LogP contribution in [0.1, 0.15) is 24.5 Å². The molecule has 6 heteroatoms. The van der Waals surface area contributed by atoms with Crippen molar-refractivity contribution in [3.63, 3.8) is 0 Å². The van der Waals surface area contributed by atoms with Crippen LogP contribution >= 0.6 is 0 Å². The number of aryl methyl sites for hydroxylation is 1. The Bertz CT molecular complexity index is 419. The molecular formula is C13H18F3NO2. The monoisotopic (exact) mass is 277 g/mol. The topological polar surface area (TPSA) is 55.5 Å². The van der Waals surface area contributed by atoms with Gasteiger partial charge in [0.25, 0.3) is 0 Å². The first-order chi connectivity index (χ1) is 8.75. The third-order valence-corrected chi connectivity index (χ3v) is 2.93. The molecule has 0 aliphatic rings. The van der Waals surface area contributed by atoms with Gasteiger partial charge in [0.15, 0.2) is 0 Å². The Balaban J connectivity index is 2.85. The minimum atomic E-state index is -4.39. The summed E-state index contributed by atoms with van der Waals surface area (Å²) < 4.78 is 42.6. The fourth-order valence-electron chi connectivity index (χ4n) is 1.69. The summed E-state index contributed by atoms with van der Waals surface area (Å²) in [4.78, 5) is 0. The molecule has 0 amide bonds. The van der Waals surface area contributed by atoms with Gasteiger partial charge in [-0.15, -0.1) is 0 Å². The fourth-order valence-corrected chi connectivity index (χ4v) is 1.69. The van der Waals surface area contributed by atoms with Crippen molar-refractivity contribution in [2.24, 2.45) is 5.73 Å². The zero-order valence-corrected chi connectivity index (χ0v) is 10.9. The second kappa shape index (κ2) is 6.25. The van der Waals surface area contributed by atoms with Crippen molar-refractivity contribution < 1.29 is 23.0 Å². The lowest BCUT2D eigenvalue weighted by Crippen LogP contribution is -2.31. The number of aliphatic hydroxyl groups is 1. The Morgan fingerprint density at radius 3 is 2.47 bits per heavy atom. The second-order valence-electron chi connectivity index (χ2n) is 4.49. The molecule has 1 aromatic rings. The normalized spacial score (nSPS) is 15.1. The molecule has 3 nitrogen and oxygen atoms in total. The van der Waals surface area contributed by atoms with E-state index in [1.807, 2.05) is 0 Å². The van der Waals surface area contributed by atoms with E-state index in [1.54, 1.807) is 6.92 Å². The number of hydrogen-bond acceptors (Lipinski definition) is 3. The molecule has 0 aliphatic carbocycles. The number of alkyl halides is 3. The number of hydrogen-bond donors (Lipinski definition) is 2. The maximum absolute atomic E-state index is 12.5. The largest absolute Gasteiger partial charge is 0.496 e. The molecule has 108 valence electrons. The van der Waals surface area contributed by atoms with Crippen LogP contribution in [0.3, 0.4) is 0 Å². The Labute approximate surface area is 110 Å². The van der Waals surface area contributed by atoms with Crippen LogP contribution in [0.25, 0.3) is 0 Å². The lowest BCUT2D eigenvalue weighted by Gasteiger charge is -2.16. The molecule has 0 saturated heterocycles. The first-order valence-corrected chi connectivity index (χ1v) is 5.93. The quantitative estimate of drug-likeness (QED) is 0.868. The van der Waals surface area contributed by atoms with Crippen molar-refractivity contribution in [1.82, 2.24) is 0 Å². The predicted octanol–water partition coefficient (Wildman–Crippen LogP) is 2.35. The van der Waals surface area contributed by atoms with Gasteiger partial charge in [0, 0.05) is 6.04 Å². The summed E-state index contributed by atoms with van der Waals surface area (Å²) in [6.07, 6.45) is -4.30. The van der Waals surface area contributed by atoms with Gasteiger partial charge in [0.2, 0.25) is 0 Å². The molecule has 0 bridgehead atoms. The highest BCUT2D eigenvalue weighted by Crippen LogP contribution is 2.33. The summed E-state index contributed by atoms with van der Waals surface area (Å²) in [7, 11) is 1.32. The van der Waals surface area contributed by atoms with E-state index >= 15 is 0 Å². The van der Waals surface area contributed by atoms with Gasteiger partial charge in [0.1, 0.15) is 5.75 Å². The lowest BCUT2D eigenvalue weighted by atomic mass is 10.0. The van der Waals surface area contributed by atoms with E-state index in [0.717, 1.165) is 12.1 Å². The first-order valence-electron chi connectivity index (χ1n) is 5.93. The van der Waals surface area contributed by atoms with E-state index in [2.05, 4.69) is 0 Å². The molecule has 0 fully saturated rings. The SMILES string of the molecule is COc1cc(C(F)(F)F)ccc1CCC(O)C(C)N.